The van der Waals surface area contributed by atoms with E-state index in [0.29, 0.717) is 18.4 Å². The van der Waals surface area contributed by atoms with Gasteiger partial charge in [0.05, 0.1) is 4.92 Å². The van der Waals surface area contributed by atoms with Crippen molar-refractivity contribution >= 4 is 11.5 Å². The number of nitrogens with zero attached hydrogens (tertiary/aromatic N) is 1. The van der Waals surface area contributed by atoms with Gasteiger partial charge in [-0.05, 0) is 30.0 Å². The molecule has 5 nitrogen and oxygen atoms in total. The average Bonchev–Trinajstić information content (AvgIpc) is 2.76. The van der Waals surface area contributed by atoms with Crippen LogP contribution in [0.1, 0.15) is 34.8 Å². The second-order valence-electron chi connectivity index (χ2n) is 6.87. The summed E-state index contributed by atoms with van der Waals surface area (Å²) in [5.74, 6) is 0.109. The number of carbonyl (C=O) groups excluding carboxylic acids is 1. The van der Waals surface area contributed by atoms with Gasteiger partial charge in [-0.1, -0.05) is 73.7 Å². The maximum Gasteiger partial charge on any atom is 0.310 e. The number of nitro benzene ring substituents is 1. The Morgan fingerprint density at radius 3 is 2.24 bits per heavy atom. The third-order valence-corrected chi connectivity index (χ3v) is 4.86. The second-order valence-corrected chi connectivity index (χ2v) is 6.87. The summed E-state index contributed by atoms with van der Waals surface area (Å²) in [5.41, 5.74) is 2.38. The van der Waals surface area contributed by atoms with Crippen LogP contribution in [0.2, 0.25) is 0 Å². The number of ketones is 1. The lowest BCUT2D eigenvalue weighted by atomic mass is 9.89. The molecule has 0 bridgehead atoms. The molecule has 0 fully saturated rings. The Hall–Kier alpha value is -3.47. The van der Waals surface area contributed by atoms with Crippen LogP contribution in [0, 0.1) is 16.0 Å². The van der Waals surface area contributed by atoms with Gasteiger partial charge >= 0.3 is 5.69 Å². The zero-order chi connectivity index (χ0) is 20.6. The molecule has 3 rings (SSSR count). The number of benzene rings is 3. The van der Waals surface area contributed by atoms with Crippen molar-refractivity contribution in [1.29, 1.82) is 0 Å². The zero-order valence-corrected chi connectivity index (χ0v) is 16.3. The summed E-state index contributed by atoms with van der Waals surface area (Å²) in [7, 11) is 0. The van der Waals surface area contributed by atoms with E-state index in [4.69, 9.17) is 4.74 Å². The van der Waals surface area contributed by atoms with E-state index in [1.807, 2.05) is 67.6 Å². The van der Waals surface area contributed by atoms with Crippen molar-refractivity contribution in [2.45, 2.75) is 26.4 Å². The Morgan fingerprint density at radius 2 is 1.62 bits per heavy atom. The Labute approximate surface area is 170 Å². The van der Waals surface area contributed by atoms with Crippen molar-refractivity contribution in [3.63, 3.8) is 0 Å². The summed E-state index contributed by atoms with van der Waals surface area (Å²) >= 11 is 0. The molecule has 3 aromatic rings. The van der Waals surface area contributed by atoms with Gasteiger partial charge in [0, 0.05) is 17.5 Å². The number of carbonyl (C=O) groups is 1. The first-order valence-corrected chi connectivity index (χ1v) is 9.61. The minimum atomic E-state index is -0.448. The fraction of sp³-hybridized carbons (Fsp3) is 0.208. The SMILES string of the molecule is CCC(Cc1ccc([N+](=O)[O-])c(OCc2ccccc2)c1)C(=O)c1ccccc1. The molecule has 0 aromatic heterocycles. The van der Waals surface area contributed by atoms with Gasteiger partial charge in [-0.3, -0.25) is 14.9 Å². The van der Waals surface area contributed by atoms with Crippen molar-refractivity contribution < 1.29 is 14.5 Å². The highest BCUT2D eigenvalue weighted by Crippen LogP contribution is 2.30. The molecule has 0 aliphatic heterocycles. The summed E-state index contributed by atoms with van der Waals surface area (Å²) in [6.07, 6.45) is 1.19. The van der Waals surface area contributed by atoms with Gasteiger partial charge in [-0.2, -0.15) is 0 Å². The molecular weight excluding hydrogens is 366 g/mol. The Morgan fingerprint density at radius 1 is 0.966 bits per heavy atom. The normalized spacial score (nSPS) is 11.6. The molecule has 0 radical (unpaired) electrons. The quantitative estimate of drug-likeness (QED) is 0.270. The molecule has 1 unspecified atom stereocenters. The van der Waals surface area contributed by atoms with Crippen LogP contribution in [0.4, 0.5) is 5.69 Å². The van der Waals surface area contributed by atoms with Crippen molar-refractivity contribution in [3.8, 4) is 5.75 Å². The summed E-state index contributed by atoms with van der Waals surface area (Å²) in [6.45, 7) is 2.22. The van der Waals surface area contributed by atoms with Gasteiger partial charge in [0.25, 0.3) is 0 Å². The van der Waals surface area contributed by atoms with E-state index in [2.05, 4.69) is 0 Å². The number of Topliss-reactive ketones (excluding diaryl/α,β-unsaturated/α-hetero) is 1. The lowest BCUT2D eigenvalue weighted by Gasteiger charge is -2.15. The first-order valence-electron chi connectivity index (χ1n) is 9.61. The van der Waals surface area contributed by atoms with Gasteiger partial charge in [-0.25, -0.2) is 0 Å². The van der Waals surface area contributed by atoms with Crippen LogP contribution in [0.15, 0.2) is 78.9 Å². The van der Waals surface area contributed by atoms with Crippen LogP contribution in [-0.2, 0) is 13.0 Å². The van der Waals surface area contributed by atoms with Crippen LogP contribution >= 0.6 is 0 Å². The van der Waals surface area contributed by atoms with Crippen molar-refractivity contribution in [2.75, 3.05) is 0 Å². The first-order chi connectivity index (χ1) is 14.1. The van der Waals surface area contributed by atoms with Crippen molar-refractivity contribution in [3.05, 3.63) is 106 Å². The van der Waals surface area contributed by atoms with Crippen molar-refractivity contribution in [1.82, 2.24) is 0 Å². The maximum absolute atomic E-state index is 12.8. The number of hydrogen-bond donors (Lipinski definition) is 0. The topological polar surface area (TPSA) is 69.4 Å². The summed E-state index contributed by atoms with van der Waals surface area (Å²) in [4.78, 5) is 23.8. The highest BCUT2D eigenvalue weighted by atomic mass is 16.6. The van der Waals surface area contributed by atoms with E-state index in [1.54, 1.807) is 12.1 Å². The van der Waals surface area contributed by atoms with Gasteiger partial charge in [0.1, 0.15) is 6.61 Å². The molecule has 148 valence electrons. The molecule has 5 heteroatoms. The van der Waals surface area contributed by atoms with Gasteiger partial charge in [0.15, 0.2) is 11.5 Å². The van der Waals surface area contributed by atoms with Gasteiger partial charge < -0.3 is 4.74 Å². The smallest absolute Gasteiger partial charge is 0.310 e. The molecule has 0 heterocycles. The lowest BCUT2D eigenvalue weighted by molar-refractivity contribution is -0.386. The summed E-state index contributed by atoms with van der Waals surface area (Å²) in [5, 5.41) is 11.4. The number of ether oxygens (including phenoxy) is 1. The van der Waals surface area contributed by atoms with Gasteiger partial charge in [-0.15, -0.1) is 0 Å². The molecule has 29 heavy (non-hydrogen) atoms. The average molecular weight is 389 g/mol. The van der Waals surface area contributed by atoms with E-state index in [9.17, 15) is 14.9 Å². The Kier molecular flexibility index (Phi) is 6.74. The van der Waals surface area contributed by atoms with E-state index >= 15 is 0 Å². The van der Waals surface area contributed by atoms with Crippen LogP contribution in [0.25, 0.3) is 0 Å². The minimum absolute atomic E-state index is 0.0767. The van der Waals surface area contributed by atoms with Crippen LogP contribution in [0.3, 0.4) is 0 Å². The number of hydrogen-bond acceptors (Lipinski definition) is 4. The Balaban J connectivity index is 1.79. The van der Waals surface area contributed by atoms with Crippen LogP contribution in [-0.4, -0.2) is 10.7 Å². The first kappa shape index (κ1) is 20.3. The summed E-state index contributed by atoms with van der Waals surface area (Å²) < 4.78 is 5.76. The van der Waals surface area contributed by atoms with Crippen LogP contribution < -0.4 is 4.74 Å². The maximum atomic E-state index is 12.8. The second kappa shape index (κ2) is 9.64. The molecule has 0 N–H and O–H groups in total. The standard InChI is InChI=1S/C24H23NO4/c1-2-20(24(26)21-11-7-4-8-12-21)15-19-13-14-22(25(27)28)23(16-19)29-17-18-9-5-3-6-10-18/h3-14,16,20H,2,15,17H2,1H3. The molecule has 0 aliphatic carbocycles. The monoisotopic (exact) mass is 389 g/mol. The van der Waals surface area contributed by atoms with E-state index < -0.39 is 4.92 Å². The lowest BCUT2D eigenvalue weighted by Crippen LogP contribution is -2.16. The van der Waals surface area contributed by atoms with Crippen LogP contribution in [0.5, 0.6) is 5.75 Å². The number of nitro groups is 1. The Bertz CT molecular complexity index is 971. The minimum Gasteiger partial charge on any atom is -0.482 e. The van der Waals surface area contributed by atoms with Gasteiger partial charge in [0.2, 0.25) is 0 Å². The molecule has 0 amide bonds. The predicted octanol–water partition coefficient (Wildman–Crippen LogP) is 5.63. The number of rotatable bonds is 9. The van der Waals surface area contributed by atoms with E-state index in [0.717, 1.165) is 11.1 Å². The van der Waals surface area contributed by atoms with E-state index in [-0.39, 0.29) is 29.7 Å². The summed E-state index contributed by atoms with van der Waals surface area (Å²) in [6, 6.07) is 23.5. The molecule has 0 saturated carbocycles. The fourth-order valence-electron chi connectivity index (χ4n) is 3.23. The molecule has 0 saturated heterocycles. The largest absolute Gasteiger partial charge is 0.482 e. The molecule has 0 aliphatic rings. The molecular formula is C24H23NO4. The molecule has 1 atom stereocenters. The van der Waals surface area contributed by atoms with Crippen molar-refractivity contribution in [2.24, 2.45) is 5.92 Å². The highest BCUT2D eigenvalue weighted by molar-refractivity contribution is 5.97. The predicted molar refractivity (Wildman–Crippen MR) is 112 cm³/mol. The zero-order valence-electron chi connectivity index (χ0n) is 16.3. The van der Waals surface area contributed by atoms with E-state index in [1.165, 1.54) is 6.07 Å². The molecule has 0 spiro atoms. The third-order valence-electron chi connectivity index (χ3n) is 4.86. The fourth-order valence-corrected chi connectivity index (χ4v) is 3.23. The third kappa shape index (κ3) is 5.29. The highest BCUT2D eigenvalue weighted by Gasteiger charge is 2.21. The molecule has 3 aromatic carbocycles.